The summed E-state index contributed by atoms with van der Waals surface area (Å²) < 4.78 is 5.64. The minimum Gasteiger partial charge on any atom is -0.449 e. The van der Waals surface area contributed by atoms with Crippen molar-refractivity contribution in [3.63, 3.8) is 0 Å². The molecule has 0 bridgehead atoms. The molecule has 0 saturated carbocycles. The summed E-state index contributed by atoms with van der Waals surface area (Å²) in [5.74, 6) is 0.360. The lowest BCUT2D eigenvalue weighted by atomic mass is 10.2. The molecule has 13 heavy (non-hydrogen) atoms. The van der Waals surface area contributed by atoms with Gasteiger partial charge < -0.3 is 9.84 Å². The number of hydrogen-bond acceptors (Lipinski definition) is 3. The van der Waals surface area contributed by atoms with E-state index in [1.54, 1.807) is 23.5 Å². The fourth-order valence-corrected chi connectivity index (χ4v) is 1.88. The summed E-state index contributed by atoms with van der Waals surface area (Å²) in [4.78, 5) is 10.2. The van der Waals surface area contributed by atoms with Crippen molar-refractivity contribution >= 4 is 27.6 Å². The fourth-order valence-electron chi connectivity index (χ4n) is 1.11. The number of thiophene rings is 1. The van der Waals surface area contributed by atoms with E-state index in [0.717, 1.165) is 10.1 Å². The lowest BCUT2D eigenvalue weighted by molar-refractivity contribution is 0.144. The van der Waals surface area contributed by atoms with Crippen molar-refractivity contribution in [1.29, 1.82) is 0 Å². The Labute approximate surface area is 78.2 Å². The number of benzene rings is 1. The van der Waals surface area contributed by atoms with Crippen LogP contribution in [0.5, 0.6) is 5.75 Å². The van der Waals surface area contributed by atoms with Crippen LogP contribution in [0.1, 0.15) is 0 Å². The molecule has 1 aromatic carbocycles. The molecule has 1 heterocycles. The van der Waals surface area contributed by atoms with Crippen molar-refractivity contribution in [3.8, 4) is 5.75 Å². The lowest BCUT2D eigenvalue weighted by Crippen LogP contribution is -2.02. The topological polar surface area (TPSA) is 46.5 Å². The molecule has 0 radical (unpaired) electrons. The molecular weight excluding hydrogens is 188 g/mol. The predicted molar refractivity (Wildman–Crippen MR) is 50.5 cm³/mol. The van der Waals surface area contributed by atoms with E-state index in [0.29, 0.717) is 5.75 Å². The third-order valence-electron chi connectivity index (χ3n) is 1.63. The molecule has 0 aliphatic heterocycles. The third kappa shape index (κ3) is 1.62. The molecule has 4 heteroatoms. The molecule has 66 valence electrons. The first-order valence-corrected chi connectivity index (χ1v) is 4.52. The van der Waals surface area contributed by atoms with Crippen molar-refractivity contribution < 1.29 is 14.6 Å². The van der Waals surface area contributed by atoms with Crippen molar-refractivity contribution in [3.05, 3.63) is 29.6 Å². The summed E-state index contributed by atoms with van der Waals surface area (Å²) in [6, 6.07) is 7.12. The van der Waals surface area contributed by atoms with Crippen molar-refractivity contribution in [2.24, 2.45) is 0 Å². The minimum absolute atomic E-state index is 0.360. The number of hydrogen-bond donors (Lipinski definition) is 1. The van der Waals surface area contributed by atoms with E-state index >= 15 is 0 Å². The first kappa shape index (κ1) is 8.07. The minimum atomic E-state index is -1.28. The van der Waals surface area contributed by atoms with Gasteiger partial charge in [0.15, 0.2) is 0 Å². The maximum atomic E-state index is 10.2. The van der Waals surface area contributed by atoms with Gasteiger partial charge in [-0.2, -0.15) is 0 Å². The van der Waals surface area contributed by atoms with E-state index in [2.05, 4.69) is 4.74 Å². The highest BCUT2D eigenvalue weighted by molar-refractivity contribution is 7.17. The zero-order valence-electron chi connectivity index (χ0n) is 6.56. The highest BCUT2D eigenvalue weighted by Gasteiger charge is 2.01. The van der Waals surface area contributed by atoms with E-state index in [1.807, 2.05) is 17.5 Å². The van der Waals surface area contributed by atoms with Crippen LogP contribution in [0.2, 0.25) is 0 Å². The van der Waals surface area contributed by atoms with E-state index in [4.69, 9.17) is 5.11 Å². The average Bonchev–Trinajstić information content (AvgIpc) is 2.49. The smallest absolute Gasteiger partial charge is 0.449 e. The molecule has 0 aliphatic carbocycles. The quantitative estimate of drug-likeness (QED) is 0.560. The van der Waals surface area contributed by atoms with Crippen LogP contribution in [0, 0.1) is 0 Å². The van der Waals surface area contributed by atoms with Gasteiger partial charge >= 0.3 is 6.16 Å². The fraction of sp³-hybridized carbons (Fsp3) is 0. The van der Waals surface area contributed by atoms with Crippen LogP contribution in [0.4, 0.5) is 4.79 Å². The molecule has 1 aromatic heterocycles. The number of fused-ring (bicyclic) bond motifs is 1. The number of carbonyl (C=O) groups is 1. The van der Waals surface area contributed by atoms with Crippen LogP contribution < -0.4 is 4.74 Å². The Balaban J connectivity index is 2.42. The van der Waals surface area contributed by atoms with Crippen LogP contribution in [0.15, 0.2) is 29.6 Å². The van der Waals surface area contributed by atoms with Crippen LogP contribution in [0.3, 0.4) is 0 Å². The van der Waals surface area contributed by atoms with Crippen LogP contribution in [-0.4, -0.2) is 11.3 Å². The van der Waals surface area contributed by atoms with Crippen LogP contribution in [0.25, 0.3) is 10.1 Å². The van der Waals surface area contributed by atoms with Crippen LogP contribution in [-0.2, 0) is 0 Å². The Morgan fingerprint density at radius 3 is 3.00 bits per heavy atom. The largest absolute Gasteiger partial charge is 0.511 e. The maximum absolute atomic E-state index is 10.2. The molecule has 0 aliphatic rings. The second-order valence-electron chi connectivity index (χ2n) is 2.49. The van der Waals surface area contributed by atoms with Gasteiger partial charge in [-0.25, -0.2) is 4.79 Å². The molecule has 0 saturated heterocycles. The zero-order chi connectivity index (χ0) is 9.26. The lowest BCUT2D eigenvalue weighted by Gasteiger charge is -1.98. The number of rotatable bonds is 1. The van der Waals surface area contributed by atoms with Gasteiger partial charge in [0, 0.05) is 4.70 Å². The van der Waals surface area contributed by atoms with Gasteiger partial charge in [0.2, 0.25) is 0 Å². The Hall–Kier alpha value is -1.55. The molecule has 0 fully saturated rings. The van der Waals surface area contributed by atoms with E-state index in [1.165, 1.54) is 0 Å². The second-order valence-corrected chi connectivity index (χ2v) is 3.44. The Morgan fingerprint density at radius 1 is 1.38 bits per heavy atom. The first-order valence-electron chi connectivity index (χ1n) is 3.64. The summed E-state index contributed by atoms with van der Waals surface area (Å²) in [6.45, 7) is 0. The molecular formula is C9H6O3S. The molecule has 0 amide bonds. The molecule has 2 rings (SSSR count). The molecule has 0 spiro atoms. The normalized spacial score (nSPS) is 10.2. The maximum Gasteiger partial charge on any atom is 0.511 e. The number of ether oxygens (including phenoxy) is 1. The highest BCUT2D eigenvalue weighted by Crippen LogP contribution is 2.25. The van der Waals surface area contributed by atoms with Gasteiger partial charge in [-0.05, 0) is 35.0 Å². The third-order valence-corrected chi connectivity index (χ3v) is 2.53. The van der Waals surface area contributed by atoms with Crippen molar-refractivity contribution in [1.82, 2.24) is 0 Å². The summed E-state index contributed by atoms with van der Waals surface area (Å²) in [5.41, 5.74) is 0. The molecule has 0 unspecified atom stereocenters. The highest BCUT2D eigenvalue weighted by atomic mass is 32.1. The summed E-state index contributed by atoms with van der Waals surface area (Å²) >= 11 is 1.61. The van der Waals surface area contributed by atoms with Gasteiger partial charge in [0.25, 0.3) is 0 Å². The Morgan fingerprint density at radius 2 is 2.23 bits per heavy atom. The van der Waals surface area contributed by atoms with Crippen LogP contribution >= 0.6 is 11.3 Å². The van der Waals surface area contributed by atoms with Crippen molar-refractivity contribution in [2.45, 2.75) is 0 Å². The Kier molecular flexibility index (Phi) is 1.90. The molecule has 3 nitrogen and oxygen atoms in total. The van der Waals surface area contributed by atoms with E-state index < -0.39 is 6.16 Å². The molecule has 2 aromatic rings. The van der Waals surface area contributed by atoms with Gasteiger partial charge in [-0.1, -0.05) is 0 Å². The standard InChI is InChI=1S/C9H6O3S/c10-9(11)12-7-1-2-8-6(5-7)3-4-13-8/h1-5H,(H,10,11). The summed E-state index contributed by atoms with van der Waals surface area (Å²) in [5, 5.41) is 11.3. The van der Waals surface area contributed by atoms with Gasteiger partial charge in [0.1, 0.15) is 5.75 Å². The predicted octanol–water partition coefficient (Wildman–Crippen LogP) is 2.96. The SMILES string of the molecule is O=C(O)Oc1ccc2sccc2c1. The van der Waals surface area contributed by atoms with E-state index in [-0.39, 0.29) is 0 Å². The monoisotopic (exact) mass is 194 g/mol. The van der Waals surface area contributed by atoms with Gasteiger partial charge in [-0.3, -0.25) is 0 Å². The zero-order valence-corrected chi connectivity index (χ0v) is 7.38. The Bertz CT molecular complexity index is 447. The molecule has 0 atom stereocenters. The first-order chi connectivity index (χ1) is 6.25. The average molecular weight is 194 g/mol. The molecule has 1 N–H and O–H groups in total. The summed E-state index contributed by atoms with van der Waals surface area (Å²) in [7, 11) is 0. The van der Waals surface area contributed by atoms with Crippen molar-refractivity contribution in [2.75, 3.05) is 0 Å². The van der Waals surface area contributed by atoms with E-state index in [9.17, 15) is 4.79 Å². The summed E-state index contributed by atoms with van der Waals surface area (Å²) in [6.07, 6.45) is -1.28. The number of carboxylic acid groups (broad SMARTS) is 1. The van der Waals surface area contributed by atoms with Gasteiger partial charge in [0.05, 0.1) is 0 Å². The second kappa shape index (κ2) is 3.06. The van der Waals surface area contributed by atoms with Gasteiger partial charge in [-0.15, -0.1) is 11.3 Å².